The average molecular weight is 467 g/mol. The number of anilines is 1. The van der Waals surface area contributed by atoms with E-state index in [1.54, 1.807) is 37.3 Å². The summed E-state index contributed by atoms with van der Waals surface area (Å²) in [6, 6.07) is 22.3. The van der Waals surface area contributed by atoms with Gasteiger partial charge >= 0.3 is 0 Å². The van der Waals surface area contributed by atoms with Crippen molar-refractivity contribution in [2.24, 2.45) is 0 Å². The molecule has 2 aromatic heterocycles. The number of amides is 1. The lowest BCUT2D eigenvalue weighted by molar-refractivity contribution is 0.101. The summed E-state index contributed by atoms with van der Waals surface area (Å²) in [5.74, 6) is 0.898. The van der Waals surface area contributed by atoms with E-state index >= 15 is 0 Å². The Labute approximate surface area is 201 Å². The summed E-state index contributed by atoms with van der Waals surface area (Å²) in [6.45, 7) is 2.23. The maximum Gasteiger partial charge on any atom is 0.276 e. The Hall–Kier alpha value is -4.97. The third-order valence-corrected chi connectivity index (χ3v) is 4.97. The van der Waals surface area contributed by atoms with Crippen LogP contribution >= 0.6 is 0 Å². The van der Waals surface area contributed by atoms with Crippen molar-refractivity contribution in [2.75, 3.05) is 11.9 Å². The van der Waals surface area contributed by atoms with Crippen molar-refractivity contribution in [2.45, 2.75) is 13.5 Å². The van der Waals surface area contributed by atoms with Gasteiger partial charge in [0.05, 0.1) is 6.54 Å². The van der Waals surface area contributed by atoms with Crippen LogP contribution in [0.5, 0.6) is 17.4 Å². The van der Waals surface area contributed by atoms with Crippen LogP contribution in [0.3, 0.4) is 0 Å². The van der Waals surface area contributed by atoms with E-state index in [0.29, 0.717) is 22.7 Å². The predicted octanol–water partition coefficient (Wildman–Crippen LogP) is 3.94. The molecule has 0 aliphatic heterocycles. The van der Waals surface area contributed by atoms with Crippen LogP contribution in [0.2, 0.25) is 0 Å². The number of hydrogen-bond donors (Lipinski definition) is 1. The highest BCUT2D eigenvalue weighted by Gasteiger charge is 2.13. The number of nitrogens with zero attached hydrogens (tertiary/aromatic N) is 4. The Bertz CT molecular complexity index is 1440. The molecule has 2 aromatic carbocycles. The minimum atomic E-state index is -0.462. The molecule has 4 rings (SSSR count). The quantitative estimate of drug-likeness (QED) is 0.417. The van der Waals surface area contributed by atoms with Crippen LogP contribution in [0.4, 0.5) is 5.69 Å². The van der Waals surface area contributed by atoms with E-state index in [0.717, 1.165) is 5.56 Å². The molecule has 35 heavy (non-hydrogen) atoms. The second-order valence-corrected chi connectivity index (χ2v) is 7.44. The maximum atomic E-state index is 12.8. The van der Waals surface area contributed by atoms with Crippen LogP contribution in [0, 0.1) is 18.3 Å². The number of benzene rings is 2. The van der Waals surface area contributed by atoms with Crippen LogP contribution in [-0.2, 0) is 6.54 Å². The maximum absolute atomic E-state index is 12.8. The summed E-state index contributed by atoms with van der Waals surface area (Å²) in [5.41, 5.74) is 1.36. The molecule has 0 fully saturated rings. The van der Waals surface area contributed by atoms with Gasteiger partial charge in [-0.3, -0.25) is 9.59 Å². The van der Waals surface area contributed by atoms with Gasteiger partial charge in [-0.25, -0.2) is 9.67 Å². The molecule has 4 aromatic rings. The molecule has 0 unspecified atom stereocenters. The topological polar surface area (TPSA) is 119 Å². The summed E-state index contributed by atoms with van der Waals surface area (Å²) in [6.07, 6.45) is 1.54. The first-order chi connectivity index (χ1) is 17.0. The molecule has 0 bridgehead atoms. The Morgan fingerprint density at radius 1 is 1.06 bits per heavy atom. The molecule has 174 valence electrons. The van der Waals surface area contributed by atoms with E-state index in [1.807, 2.05) is 36.4 Å². The first-order valence-corrected chi connectivity index (χ1v) is 10.7. The highest BCUT2D eigenvalue weighted by molar-refractivity contribution is 6.03. The number of nitriles is 1. The van der Waals surface area contributed by atoms with Gasteiger partial charge in [-0.15, -0.1) is 0 Å². The number of aromatic nitrogens is 3. The Morgan fingerprint density at radius 2 is 1.89 bits per heavy atom. The molecule has 0 radical (unpaired) electrons. The number of para-hydroxylation sites is 1. The van der Waals surface area contributed by atoms with Gasteiger partial charge in [-0.05, 0) is 61.0 Å². The first-order valence-electron chi connectivity index (χ1n) is 10.7. The lowest BCUT2D eigenvalue weighted by Crippen LogP contribution is -2.28. The van der Waals surface area contributed by atoms with E-state index in [-0.39, 0.29) is 30.3 Å². The Kier molecular flexibility index (Phi) is 7.13. The number of hydrogen-bond acceptors (Lipinski definition) is 7. The zero-order chi connectivity index (χ0) is 24.6. The van der Waals surface area contributed by atoms with Crippen molar-refractivity contribution in [1.29, 1.82) is 5.26 Å². The third-order valence-electron chi connectivity index (χ3n) is 4.97. The van der Waals surface area contributed by atoms with Crippen LogP contribution in [0.15, 0.2) is 83.8 Å². The summed E-state index contributed by atoms with van der Waals surface area (Å²) >= 11 is 0. The van der Waals surface area contributed by atoms with Crippen molar-refractivity contribution >= 4 is 11.6 Å². The van der Waals surface area contributed by atoms with Crippen LogP contribution < -0.4 is 20.3 Å². The lowest BCUT2D eigenvalue weighted by Gasteiger charge is -2.12. The fraction of sp³-hybridized carbons (Fsp3) is 0.115. The molecule has 1 amide bonds. The number of carbonyl (C=O) groups is 1. The summed E-state index contributed by atoms with van der Waals surface area (Å²) in [7, 11) is 0. The molecule has 0 atom stereocenters. The van der Waals surface area contributed by atoms with Gasteiger partial charge in [-0.1, -0.05) is 18.2 Å². The van der Waals surface area contributed by atoms with Gasteiger partial charge < -0.3 is 14.8 Å². The standard InChI is InChI=1S/C26H21N5O4/c1-18-16-21(35-26-19(17-27)6-5-13-28-26)9-10-22(18)29-25(33)23-11-12-24(32)31(30-23)14-15-34-20-7-3-2-4-8-20/h2-13,16H,14-15H2,1H3,(H,29,33). The number of nitrogens with one attached hydrogen (secondary N) is 1. The SMILES string of the molecule is Cc1cc(Oc2ncccc2C#N)ccc1NC(=O)c1ccc(=O)n(CCOc2ccccc2)n1. The molecule has 9 heteroatoms. The minimum Gasteiger partial charge on any atom is -0.492 e. The van der Waals surface area contributed by atoms with Gasteiger partial charge in [0.25, 0.3) is 11.5 Å². The van der Waals surface area contributed by atoms with E-state index in [2.05, 4.69) is 15.4 Å². The number of carbonyl (C=O) groups excluding carboxylic acids is 1. The molecular weight excluding hydrogens is 446 g/mol. The van der Waals surface area contributed by atoms with E-state index in [1.165, 1.54) is 23.0 Å². The summed E-state index contributed by atoms with van der Waals surface area (Å²) < 4.78 is 12.5. The Morgan fingerprint density at radius 3 is 2.66 bits per heavy atom. The smallest absolute Gasteiger partial charge is 0.276 e. The Balaban J connectivity index is 1.42. The number of ether oxygens (including phenoxy) is 2. The number of pyridine rings is 1. The van der Waals surface area contributed by atoms with E-state index < -0.39 is 5.91 Å². The molecule has 1 N–H and O–H groups in total. The summed E-state index contributed by atoms with van der Waals surface area (Å²) in [4.78, 5) is 29.0. The van der Waals surface area contributed by atoms with Crippen molar-refractivity contribution in [3.8, 4) is 23.4 Å². The van der Waals surface area contributed by atoms with Crippen molar-refractivity contribution < 1.29 is 14.3 Å². The molecule has 0 saturated carbocycles. The second-order valence-electron chi connectivity index (χ2n) is 7.44. The molecule has 0 aliphatic rings. The molecule has 2 heterocycles. The summed E-state index contributed by atoms with van der Waals surface area (Å²) in [5, 5.41) is 16.2. The normalized spacial score (nSPS) is 10.3. The van der Waals surface area contributed by atoms with E-state index in [9.17, 15) is 14.9 Å². The second kappa shape index (κ2) is 10.8. The number of rotatable bonds is 8. The fourth-order valence-electron chi connectivity index (χ4n) is 3.19. The first kappa shape index (κ1) is 23.2. The van der Waals surface area contributed by atoms with Crippen molar-refractivity contribution in [3.63, 3.8) is 0 Å². The van der Waals surface area contributed by atoms with Gasteiger partial charge in [0.15, 0.2) is 0 Å². The molecule has 0 spiro atoms. The highest BCUT2D eigenvalue weighted by Crippen LogP contribution is 2.27. The third kappa shape index (κ3) is 5.89. The highest BCUT2D eigenvalue weighted by atomic mass is 16.5. The van der Waals surface area contributed by atoms with Crippen molar-refractivity contribution in [3.05, 3.63) is 106 Å². The van der Waals surface area contributed by atoms with Crippen LogP contribution in [0.25, 0.3) is 0 Å². The lowest BCUT2D eigenvalue weighted by atomic mass is 10.2. The monoisotopic (exact) mass is 467 g/mol. The van der Waals surface area contributed by atoms with Crippen molar-refractivity contribution in [1.82, 2.24) is 14.8 Å². The zero-order valence-electron chi connectivity index (χ0n) is 18.8. The van der Waals surface area contributed by atoms with E-state index in [4.69, 9.17) is 9.47 Å². The largest absolute Gasteiger partial charge is 0.492 e. The van der Waals surface area contributed by atoms with Gasteiger partial charge in [0.1, 0.15) is 35.4 Å². The molecular formula is C26H21N5O4. The molecule has 9 nitrogen and oxygen atoms in total. The fourth-order valence-corrected chi connectivity index (χ4v) is 3.19. The average Bonchev–Trinajstić information content (AvgIpc) is 2.87. The van der Waals surface area contributed by atoms with Crippen LogP contribution in [-0.4, -0.2) is 27.3 Å². The van der Waals surface area contributed by atoms with Gasteiger partial charge in [0.2, 0.25) is 5.88 Å². The molecule has 0 aliphatic carbocycles. The molecule has 0 saturated heterocycles. The van der Waals surface area contributed by atoms with Gasteiger partial charge in [-0.2, -0.15) is 10.4 Å². The minimum absolute atomic E-state index is 0.0937. The number of aryl methyl sites for hydroxylation is 1. The predicted molar refractivity (Wildman–Crippen MR) is 129 cm³/mol. The van der Waals surface area contributed by atoms with Gasteiger partial charge in [0, 0.05) is 18.0 Å². The zero-order valence-corrected chi connectivity index (χ0v) is 18.8. The van der Waals surface area contributed by atoms with Crippen LogP contribution in [0.1, 0.15) is 21.6 Å².